The number of carbonyl (C=O) groups excluding carboxylic acids is 1. The number of Topliss-reactive ketones (excluding diaryl/α,β-unsaturated/α-hetero) is 1. The van der Waals surface area contributed by atoms with E-state index in [-0.39, 0.29) is 11.3 Å². The number of aromatic nitrogens is 2. The Morgan fingerprint density at radius 3 is 2.90 bits per heavy atom. The van der Waals surface area contributed by atoms with Crippen LogP contribution in [0.3, 0.4) is 0 Å². The first-order valence-corrected chi connectivity index (χ1v) is 6.79. The van der Waals surface area contributed by atoms with Crippen molar-refractivity contribution >= 4 is 5.78 Å². The monoisotopic (exact) mass is 291 g/mol. The van der Waals surface area contributed by atoms with Crippen molar-refractivity contribution in [3.8, 4) is 0 Å². The Kier molecular flexibility index (Phi) is 3.55. The fourth-order valence-electron chi connectivity index (χ4n) is 2.60. The van der Waals surface area contributed by atoms with Gasteiger partial charge < -0.3 is 4.57 Å². The molecule has 3 rings (SSSR count). The number of benzene rings is 1. The first kappa shape index (κ1) is 13.9. The minimum absolute atomic E-state index is 0.0715. The smallest absolute Gasteiger partial charge is 0.182 e. The minimum Gasteiger partial charge on any atom is -0.333 e. The van der Waals surface area contributed by atoms with E-state index in [1.54, 1.807) is 13.1 Å². The number of fused-ring (bicyclic) bond motifs is 1. The molecule has 1 atom stereocenters. The summed E-state index contributed by atoms with van der Waals surface area (Å²) in [6, 6.07) is 2.57. The predicted octanol–water partition coefficient (Wildman–Crippen LogP) is 2.25. The third-order valence-corrected chi connectivity index (χ3v) is 3.90. The Morgan fingerprint density at radius 2 is 2.14 bits per heavy atom. The first-order chi connectivity index (χ1) is 10.1. The van der Waals surface area contributed by atoms with Crippen molar-refractivity contribution in [1.82, 2.24) is 14.5 Å². The highest BCUT2D eigenvalue weighted by atomic mass is 19.1. The molecule has 0 saturated heterocycles. The van der Waals surface area contributed by atoms with Crippen LogP contribution in [0.15, 0.2) is 30.6 Å². The molecule has 4 nitrogen and oxygen atoms in total. The molecule has 0 amide bonds. The minimum atomic E-state index is -0.814. The number of hydrogen-bond donors (Lipinski definition) is 0. The summed E-state index contributed by atoms with van der Waals surface area (Å²) in [5.74, 6) is -0.949. The van der Waals surface area contributed by atoms with Crippen molar-refractivity contribution in [2.75, 3.05) is 6.54 Å². The van der Waals surface area contributed by atoms with Crippen molar-refractivity contribution in [2.24, 2.45) is 0 Å². The summed E-state index contributed by atoms with van der Waals surface area (Å²) >= 11 is 0. The van der Waals surface area contributed by atoms with Gasteiger partial charge in [-0.1, -0.05) is 0 Å². The van der Waals surface area contributed by atoms with Crippen molar-refractivity contribution in [2.45, 2.75) is 26.1 Å². The fourth-order valence-corrected chi connectivity index (χ4v) is 2.60. The molecule has 1 aliphatic rings. The van der Waals surface area contributed by atoms with E-state index in [1.165, 1.54) is 6.07 Å². The Hall–Kier alpha value is -2.08. The van der Waals surface area contributed by atoms with Gasteiger partial charge in [-0.15, -0.1) is 0 Å². The molecule has 1 aromatic carbocycles. The normalized spacial score (nSPS) is 16.5. The summed E-state index contributed by atoms with van der Waals surface area (Å²) < 4.78 is 28.7. The van der Waals surface area contributed by atoms with Gasteiger partial charge in [0.05, 0.1) is 18.2 Å². The number of ketones is 1. The Bertz CT molecular complexity index is 683. The predicted molar refractivity (Wildman–Crippen MR) is 72.8 cm³/mol. The third kappa shape index (κ3) is 2.58. The van der Waals surface area contributed by atoms with Gasteiger partial charge in [-0.05, 0) is 19.1 Å². The Labute approximate surface area is 121 Å². The lowest BCUT2D eigenvalue weighted by atomic mass is 10.0. The molecule has 0 radical (unpaired) electrons. The second-order valence-electron chi connectivity index (χ2n) is 5.17. The third-order valence-electron chi connectivity index (χ3n) is 3.90. The summed E-state index contributed by atoms with van der Waals surface area (Å²) in [7, 11) is 0. The van der Waals surface area contributed by atoms with Gasteiger partial charge in [-0.2, -0.15) is 0 Å². The summed E-state index contributed by atoms with van der Waals surface area (Å²) in [4.78, 5) is 18.6. The zero-order valence-corrected chi connectivity index (χ0v) is 11.6. The second kappa shape index (κ2) is 5.37. The van der Waals surface area contributed by atoms with Gasteiger partial charge in [0.15, 0.2) is 5.78 Å². The zero-order valence-electron chi connectivity index (χ0n) is 11.6. The molecular formula is C15H15F2N3O. The maximum Gasteiger partial charge on any atom is 0.182 e. The lowest BCUT2D eigenvalue weighted by molar-refractivity contribution is 0.0788. The van der Waals surface area contributed by atoms with Gasteiger partial charge in [-0.25, -0.2) is 13.8 Å². The number of rotatable bonds is 3. The van der Waals surface area contributed by atoms with Gasteiger partial charge in [0.25, 0.3) is 0 Å². The van der Waals surface area contributed by atoms with Crippen LogP contribution in [0.5, 0.6) is 0 Å². The molecule has 1 aliphatic heterocycles. The van der Waals surface area contributed by atoms with Gasteiger partial charge in [0, 0.05) is 31.5 Å². The Balaban J connectivity index is 1.79. The van der Waals surface area contributed by atoms with Gasteiger partial charge in [0.2, 0.25) is 0 Å². The second-order valence-corrected chi connectivity index (χ2v) is 5.17. The summed E-state index contributed by atoms with van der Waals surface area (Å²) in [5.41, 5.74) is -0.0715. The largest absolute Gasteiger partial charge is 0.333 e. The highest BCUT2D eigenvalue weighted by molar-refractivity contribution is 6.00. The van der Waals surface area contributed by atoms with E-state index in [0.717, 1.165) is 24.5 Å². The maximum atomic E-state index is 13.7. The molecule has 1 unspecified atom stereocenters. The van der Waals surface area contributed by atoms with Crippen LogP contribution >= 0.6 is 0 Å². The highest BCUT2D eigenvalue weighted by Crippen LogP contribution is 2.18. The summed E-state index contributed by atoms with van der Waals surface area (Å²) in [5, 5.41) is 0. The molecule has 0 fully saturated rings. The highest BCUT2D eigenvalue weighted by Gasteiger charge is 2.28. The van der Waals surface area contributed by atoms with Gasteiger partial charge >= 0.3 is 0 Å². The number of hydrogen-bond acceptors (Lipinski definition) is 3. The van der Waals surface area contributed by atoms with E-state index in [2.05, 4.69) is 4.98 Å². The average molecular weight is 291 g/mol. The van der Waals surface area contributed by atoms with Crippen LogP contribution in [0.25, 0.3) is 0 Å². The van der Waals surface area contributed by atoms with Crippen molar-refractivity contribution in [3.05, 3.63) is 53.6 Å². The quantitative estimate of drug-likeness (QED) is 0.814. The molecule has 110 valence electrons. The molecule has 0 bridgehead atoms. The molecule has 2 heterocycles. The van der Waals surface area contributed by atoms with Crippen molar-refractivity contribution in [1.29, 1.82) is 0 Å². The molecule has 0 saturated carbocycles. The van der Waals surface area contributed by atoms with E-state index in [9.17, 15) is 13.6 Å². The van der Waals surface area contributed by atoms with Crippen LogP contribution < -0.4 is 0 Å². The first-order valence-electron chi connectivity index (χ1n) is 6.79. The molecule has 21 heavy (non-hydrogen) atoms. The average Bonchev–Trinajstić information content (AvgIpc) is 2.93. The lowest BCUT2D eigenvalue weighted by Gasteiger charge is -2.31. The van der Waals surface area contributed by atoms with E-state index in [1.807, 2.05) is 15.7 Å². The summed E-state index contributed by atoms with van der Waals surface area (Å²) in [6.45, 7) is 3.73. The number of halogens is 2. The van der Waals surface area contributed by atoms with E-state index in [0.29, 0.717) is 13.1 Å². The van der Waals surface area contributed by atoms with Crippen LogP contribution in [-0.2, 0) is 13.1 Å². The maximum absolute atomic E-state index is 13.7. The molecular weight excluding hydrogens is 276 g/mol. The van der Waals surface area contributed by atoms with Crippen LogP contribution in [0.2, 0.25) is 0 Å². The zero-order chi connectivity index (χ0) is 15.0. The van der Waals surface area contributed by atoms with Gasteiger partial charge in [-0.3, -0.25) is 9.69 Å². The molecule has 0 aliphatic carbocycles. The van der Waals surface area contributed by atoms with Crippen molar-refractivity contribution in [3.63, 3.8) is 0 Å². The summed E-state index contributed by atoms with van der Waals surface area (Å²) in [6.07, 6.45) is 3.63. The molecule has 0 spiro atoms. The molecule has 2 aromatic rings. The van der Waals surface area contributed by atoms with E-state index in [4.69, 9.17) is 0 Å². The molecule has 0 N–H and O–H groups in total. The number of nitrogens with zero attached hydrogens (tertiary/aromatic N) is 3. The van der Waals surface area contributed by atoms with Crippen molar-refractivity contribution < 1.29 is 13.6 Å². The van der Waals surface area contributed by atoms with Crippen LogP contribution in [-0.4, -0.2) is 32.8 Å². The SMILES string of the molecule is CC(C(=O)c1ccc(F)cc1F)N1CCn2ccnc2C1. The van der Waals surface area contributed by atoms with Crippen LogP contribution in [0.4, 0.5) is 8.78 Å². The van der Waals surface area contributed by atoms with Gasteiger partial charge in [0.1, 0.15) is 17.5 Å². The van der Waals surface area contributed by atoms with E-state index >= 15 is 0 Å². The van der Waals surface area contributed by atoms with Crippen LogP contribution in [0.1, 0.15) is 23.1 Å². The molecule has 6 heteroatoms. The number of imidazole rings is 1. The standard InChI is InChI=1S/C15H15F2N3O/c1-10(15(21)12-3-2-11(16)8-13(12)17)20-7-6-19-5-4-18-14(19)9-20/h2-5,8,10H,6-7,9H2,1H3. The lowest BCUT2D eigenvalue weighted by Crippen LogP contribution is -2.44. The molecule has 1 aromatic heterocycles. The number of carbonyl (C=O) groups is 1. The Morgan fingerprint density at radius 1 is 1.33 bits per heavy atom. The van der Waals surface area contributed by atoms with E-state index < -0.39 is 17.7 Å². The van der Waals surface area contributed by atoms with Crippen LogP contribution in [0, 0.1) is 11.6 Å². The topological polar surface area (TPSA) is 38.1 Å². The fraction of sp³-hybridized carbons (Fsp3) is 0.333.